The van der Waals surface area contributed by atoms with Crippen LogP contribution in [0, 0.1) is 0 Å². The van der Waals surface area contributed by atoms with Crippen LogP contribution in [-0.4, -0.2) is 79.3 Å². The minimum absolute atomic E-state index is 0.0423. The highest BCUT2D eigenvalue weighted by Gasteiger charge is 2.36. The highest BCUT2D eigenvalue weighted by Crippen LogP contribution is 2.39. The number of imidazole rings is 1. The first-order valence-corrected chi connectivity index (χ1v) is 17.0. The van der Waals surface area contributed by atoms with Crippen molar-refractivity contribution in [2.75, 3.05) is 46.8 Å². The fraction of sp³-hybridized carbons (Fsp3) is 0.368. The van der Waals surface area contributed by atoms with Gasteiger partial charge in [-0.3, -0.25) is 9.69 Å². The first-order valence-electron chi connectivity index (χ1n) is 16.7. The molecular formula is C38H44ClN5O5. The summed E-state index contributed by atoms with van der Waals surface area (Å²) in [5, 5.41) is 4.34. The molecule has 10 nitrogen and oxygen atoms in total. The molecule has 1 fully saturated rings. The Balaban J connectivity index is 1.23. The molecule has 0 aliphatic carbocycles. The Hall–Kier alpha value is -4.67. The van der Waals surface area contributed by atoms with E-state index in [9.17, 15) is 4.79 Å². The van der Waals surface area contributed by atoms with Crippen molar-refractivity contribution >= 4 is 34.5 Å². The number of amides is 1. The zero-order chi connectivity index (χ0) is 34.5. The lowest BCUT2D eigenvalue weighted by Crippen LogP contribution is -2.55. The lowest BCUT2D eigenvalue weighted by Gasteiger charge is -2.45. The van der Waals surface area contributed by atoms with Gasteiger partial charge in [0.15, 0.2) is 11.5 Å². The number of likely N-dealkylation sites (N-methyl/N-ethyl adjacent to an activating group) is 1. The number of furan rings is 1. The number of ether oxygens (including phenoxy) is 3. The van der Waals surface area contributed by atoms with Crippen LogP contribution in [0.1, 0.15) is 59.3 Å². The van der Waals surface area contributed by atoms with Crippen molar-refractivity contribution in [1.82, 2.24) is 19.8 Å². The number of hydrogen-bond acceptors (Lipinski definition) is 8. The van der Waals surface area contributed by atoms with Gasteiger partial charge in [0.1, 0.15) is 5.76 Å². The van der Waals surface area contributed by atoms with E-state index in [2.05, 4.69) is 46.4 Å². The van der Waals surface area contributed by atoms with E-state index in [0.29, 0.717) is 34.3 Å². The monoisotopic (exact) mass is 685 g/mol. The summed E-state index contributed by atoms with van der Waals surface area (Å²) in [6, 6.07) is 21.7. The second-order valence-corrected chi connectivity index (χ2v) is 12.9. The van der Waals surface area contributed by atoms with Crippen LogP contribution in [-0.2, 0) is 6.42 Å². The smallest absolute Gasteiger partial charge is 0.255 e. The van der Waals surface area contributed by atoms with Gasteiger partial charge >= 0.3 is 0 Å². The quantitative estimate of drug-likeness (QED) is 0.131. The summed E-state index contributed by atoms with van der Waals surface area (Å²) in [5.74, 6) is 2.89. The number of piperidine rings is 1. The van der Waals surface area contributed by atoms with Crippen LogP contribution < -0.4 is 19.5 Å². The molecule has 2 atom stereocenters. The van der Waals surface area contributed by atoms with E-state index in [1.165, 1.54) is 0 Å². The summed E-state index contributed by atoms with van der Waals surface area (Å²) in [6.07, 6.45) is 4.77. The molecule has 6 rings (SSSR count). The maximum absolute atomic E-state index is 14.3. The summed E-state index contributed by atoms with van der Waals surface area (Å²) >= 11 is 6.28. The summed E-state index contributed by atoms with van der Waals surface area (Å²) in [6.45, 7) is 3.76. The molecule has 1 amide bonds. The lowest BCUT2D eigenvalue weighted by atomic mass is 9.90. The SMILES string of the molecule is CCC(c1ccc(Cl)cc1)C(N1CCC(Nc2nc3c(Cc4ccco4)cccc3[nH]2)CC1)N(C)C(=O)c1cc(OC)c(OC)c(OC)c1. The van der Waals surface area contributed by atoms with Crippen LogP contribution >= 0.6 is 11.6 Å². The van der Waals surface area contributed by atoms with Crippen molar-refractivity contribution in [2.24, 2.45) is 0 Å². The topological polar surface area (TPSA) is 105 Å². The minimum atomic E-state index is -0.214. The fourth-order valence-corrected chi connectivity index (χ4v) is 7.16. The van der Waals surface area contributed by atoms with Crippen LogP contribution in [0.2, 0.25) is 5.02 Å². The van der Waals surface area contributed by atoms with Crippen LogP contribution in [0.5, 0.6) is 17.2 Å². The maximum atomic E-state index is 14.3. The van der Waals surface area contributed by atoms with E-state index in [0.717, 1.165) is 66.2 Å². The number of carbonyl (C=O) groups excluding carboxylic acids is 1. The number of methoxy groups -OCH3 is 3. The molecule has 5 aromatic rings. The molecule has 3 aromatic carbocycles. The zero-order valence-corrected chi connectivity index (χ0v) is 29.4. The molecule has 0 spiro atoms. The normalized spacial score (nSPS) is 15.1. The van der Waals surface area contributed by atoms with Crippen molar-refractivity contribution in [3.63, 3.8) is 0 Å². The molecule has 0 radical (unpaired) electrons. The number of benzene rings is 3. The highest BCUT2D eigenvalue weighted by atomic mass is 35.5. The third-order valence-electron chi connectivity index (χ3n) is 9.51. The first kappa shape index (κ1) is 34.2. The van der Waals surface area contributed by atoms with Crippen molar-refractivity contribution in [2.45, 2.75) is 50.7 Å². The molecule has 1 aliphatic heterocycles. The van der Waals surface area contributed by atoms with E-state index in [4.69, 9.17) is 35.2 Å². The summed E-state index contributed by atoms with van der Waals surface area (Å²) in [7, 11) is 6.53. The zero-order valence-electron chi connectivity index (χ0n) is 28.7. The predicted octanol–water partition coefficient (Wildman–Crippen LogP) is 7.59. The van der Waals surface area contributed by atoms with E-state index in [1.807, 2.05) is 42.3 Å². The van der Waals surface area contributed by atoms with Gasteiger partial charge in [0.25, 0.3) is 5.91 Å². The number of rotatable bonds is 13. The van der Waals surface area contributed by atoms with Crippen LogP contribution in [0.3, 0.4) is 0 Å². The first-order chi connectivity index (χ1) is 23.8. The van der Waals surface area contributed by atoms with Crippen molar-refractivity contribution in [1.29, 1.82) is 0 Å². The Morgan fingerprint density at radius 1 is 1.04 bits per heavy atom. The number of nitrogens with zero attached hydrogens (tertiary/aromatic N) is 3. The molecule has 2 unspecified atom stereocenters. The number of halogens is 1. The van der Waals surface area contributed by atoms with Crippen molar-refractivity contribution in [3.8, 4) is 17.2 Å². The predicted molar refractivity (Wildman–Crippen MR) is 192 cm³/mol. The molecule has 0 bridgehead atoms. The van der Waals surface area contributed by atoms with E-state index in [1.54, 1.807) is 39.7 Å². The maximum Gasteiger partial charge on any atom is 0.255 e. The van der Waals surface area contributed by atoms with E-state index in [-0.39, 0.29) is 24.0 Å². The van der Waals surface area contributed by atoms with Gasteiger partial charge in [0, 0.05) is 49.1 Å². The number of anilines is 1. The number of hydrogen-bond donors (Lipinski definition) is 2. The number of nitrogens with one attached hydrogen (secondary N) is 2. The Morgan fingerprint density at radius 2 is 1.76 bits per heavy atom. The Labute approximate surface area is 292 Å². The standard InChI is InChI=1S/C38H44ClN5O5/c1-6-30(24-12-14-27(39)15-13-24)36(43(2)37(45)26-22-32(46-3)35(48-5)33(23-26)47-4)44-18-16-28(17-19-44)40-38-41-31-11-7-9-25(34(31)42-38)21-29-10-8-20-49-29/h7-15,20,22-23,28,30,36H,6,16-19,21H2,1-5H3,(H2,40,41,42). The highest BCUT2D eigenvalue weighted by molar-refractivity contribution is 6.30. The molecule has 0 saturated carbocycles. The fourth-order valence-electron chi connectivity index (χ4n) is 7.03. The minimum Gasteiger partial charge on any atom is -0.493 e. The molecule has 1 saturated heterocycles. The molecule has 1 aliphatic rings. The largest absolute Gasteiger partial charge is 0.493 e. The molecule has 11 heteroatoms. The summed E-state index contributed by atoms with van der Waals surface area (Å²) in [5.41, 5.74) is 4.64. The third kappa shape index (κ3) is 7.35. The van der Waals surface area contributed by atoms with Gasteiger partial charge in [-0.2, -0.15) is 0 Å². The second-order valence-electron chi connectivity index (χ2n) is 12.4. The number of para-hydroxylation sites is 1. The number of aromatic amines is 1. The van der Waals surface area contributed by atoms with Gasteiger partial charge in [-0.25, -0.2) is 4.98 Å². The Kier molecular flexibility index (Phi) is 10.7. The van der Waals surface area contributed by atoms with Gasteiger partial charge in [-0.1, -0.05) is 42.8 Å². The van der Waals surface area contributed by atoms with Gasteiger partial charge in [-0.05, 0) is 72.9 Å². The lowest BCUT2D eigenvalue weighted by molar-refractivity contribution is 0.0200. The molecule has 49 heavy (non-hydrogen) atoms. The van der Waals surface area contributed by atoms with E-state index >= 15 is 0 Å². The Morgan fingerprint density at radius 3 is 2.37 bits per heavy atom. The number of carbonyl (C=O) groups is 1. The van der Waals surface area contributed by atoms with Gasteiger partial charge in [0.05, 0.1) is 44.8 Å². The molecular weight excluding hydrogens is 642 g/mol. The van der Waals surface area contributed by atoms with Crippen LogP contribution in [0.4, 0.5) is 5.95 Å². The number of aromatic nitrogens is 2. The van der Waals surface area contributed by atoms with Crippen LogP contribution in [0.15, 0.2) is 77.4 Å². The average Bonchev–Trinajstić information content (AvgIpc) is 3.80. The number of fused-ring (bicyclic) bond motifs is 1. The summed E-state index contributed by atoms with van der Waals surface area (Å²) < 4.78 is 22.2. The second kappa shape index (κ2) is 15.3. The third-order valence-corrected chi connectivity index (χ3v) is 9.76. The van der Waals surface area contributed by atoms with E-state index < -0.39 is 0 Å². The van der Waals surface area contributed by atoms with Crippen LogP contribution in [0.25, 0.3) is 11.0 Å². The van der Waals surface area contributed by atoms with Gasteiger partial charge in [0.2, 0.25) is 11.7 Å². The summed E-state index contributed by atoms with van der Waals surface area (Å²) in [4.78, 5) is 27.0. The molecule has 258 valence electrons. The molecule has 2 N–H and O–H groups in total. The number of H-pyrrole nitrogens is 1. The molecule has 2 aromatic heterocycles. The van der Waals surface area contributed by atoms with Crippen molar-refractivity contribution in [3.05, 3.63) is 100 Å². The number of likely N-dealkylation sites (tertiary alicyclic amines) is 1. The van der Waals surface area contributed by atoms with Crippen molar-refractivity contribution < 1.29 is 23.4 Å². The Bertz CT molecular complexity index is 1830. The van der Waals surface area contributed by atoms with Gasteiger partial charge in [-0.15, -0.1) is 0 Å². The molecule has 3 heterocycles. The van der Waals surface area contributed by atoms with Gasteiger partial charge < -0.3 is 33.8 Å². The average molecular weight is 686 g/mol.